The normalized spacial score (nSPS) is 12.3. The van der Waals surface area contributed by atoms with Gasteiger partial charge in [0.2, 0.25) is 0 Å². The molecule has 1 aromatic rings. The van der Waals surface area contributed by atoms with Gasteiger partial charge in [-0.2, -0.15) is 5.11 Å². The number of carboxylic acid groups (broad SMARTS) is 1. The van der Waals surface area contributed by atoms with Gasteiger partial charge in [-0.05, 0) is 24.3 Å². The Kier molecular flexibility index (Phi) is 4.31. The van der Waals surface area contributed by atoms with E-state index >= 15 is 0 Å². The van der Waals surface area contributed by atoms with Crippen LogP contribution >= 0.6 is 0 Å². The number of carboxylic acids is 1. The predicted molar refractivity (Wildman–Crippen MR) is 61.3 cm³/mol. The number of Topliss-reactive ketones (excluding diaryl/α,β-unsaturated/α-hetero) is 1. The van der Waals surface area contributed by atoms with Crippen LogP contribution < -0.4 is 5.11 Å². The molecule has 0 bridgehead atoms. The van der Waals surface area contributed by atoms with Crippen molar-refractivity contribution in [3.8, 4) is 0 Å². The van der Waals surface area contributed by atoms with E-state index in [4.69, 9.17) is 5.11 Å². The molecule has 0 amide bonds. The molecule has 94 valence electrons. The van der Waals surface area contributed by atoms with Gasteiger partial charge in [0.25, 0.3) is 0 Å². The largest absolute Gasteiger partial charge is 0.874 e. The second-order valence-electron chi connectivity index (χ2n) is 3.51. The zero-order chi connectivity index (χ0) is 13.7. The van der Waals surface area contributed by atoms with Gasteiger partial charge >= 0.3 is 5.97 Å². The molecule has 18 heavy (non-hydrogen) atoms. The summed E-state index contributed by atoms with van der Waals surface area (Å²) in [6.45, 7) is 2.45. The van der Waals surface area contributed by atoms with E-state index < -0.39 is 17.5 Å². The van der Waals surface area contributed by atoms with Gasteiger partial charge in [-0.3, -0.25) is 4.79 Å². The van der Waals surface area contributed by atoms with Crippen molar-refractivity contribution < 1.29 is 19.8 Å². The Hall–Kier alpha value is -2.50. The Bertz CT molecular complexity index is 526. The molecule has 0 atom stereocenters. The Balaban J connectivity index is 2.94. The molecule has 1 N–H and O–H groups in total. The van der Waals surface area contributed by atoms with Gasteiger partial charge in [-0.25, -0.2) is 4.79 Å². The number of hydrogen-bond acceptors (Lipinski definition) is 5. The fraction of sp³-hybridized carbons (Fsp3) is 0.167. The number of hydrogen-bond donors (Lipinski definition) is 1. The summed E-state index contributed by atoms with van der Waals surface area (Å²) in [5.41, 5.74) is 0.244. The van der Waals surface area contributed by atoms with E-state index in [1.54, 1.807) is 0 Å². The third-order valence-corrected chi connectivity index (χ3v) is 2.05. The van der Waals surface area contributed by atoms with Crippen LogP contribution in [0.3, 0.4) is 0 Å². The summed E-state index contributed by atoms with van der Waals surface area (Å²) < 4.78 is 0. The van der Waals surface area contributed by atoms with Crippen LogP contribution in [-0.2, 0) is 4.79 Å². The summed E-state index contributed by atoms with van der Waals surface area (Å²) in [7, 11) is 0. The zero-order valence-electron chi connectivity index (χ0n) is 9.88. The minimum absolute atomic E-state index is 0.122. The third-order valence-electron chi connectivity index (χ3n) is 2.05. The molecule has 1 rings (SSSR count). The number of benzene rings is 1. The molecule has 0 spiro atoms. The maximum Gasteiger partial charge on any atom is 0.335 e. The number of allylic oxidation sites excluding steroid dienone is 2. The first kappa shape index (κ1) is 13.6. The minimum atomic E-state index is -1.04. The van der Waals surface area contributed by atoms with E-state index in [9.17, 15) is 14.7 Å². The van der Waals surface area contributed by atoms with Crippen LogP contribution in [0.1, 0.15) is 24.2 Å². The first-order chi connectivity index (χ1) is 8.41. The molecular formula is C12H11N2O4-. The summed E-state index contributed by atoms with van der Waals surface area (Å²) in [5, 5.41) is 27.0. The first-order valence-corrected chi connectivity index (χ1v) is 5.05. The number of ketones is 1. The highest BCUT2D eigenvalue weighted by Crippen LogP contribution is 2.15. The summed E-state index contributed by atoms with van der Waals surface area (Å²) in [4.78, 5) is 21.7. The molecule has 0 heterocycles. The fourth-order valence-electron chi connectivity index (χ4n) is 1.17. The lowest BCUT2D eigenvalue weighted by atomic mass is 10.2. The highest BCUT2D eigenvalue weighted by Gasteiger charge is 2.03. The van der Waals surface area contributed by atoms with Crippen molar-refractivity contribution in [1.29, 1.82) is 0 Å². The van der Waals surface area contributed by atoms with Gasteiger partial charge in [0, 0.05) is 6.92 Å². The van der Waals surface area contributed by atoms with Crippen molar-refractivity contribution in [2.45, 2.75) is 13.8 Å². The summed E-state index contributed by atoms with van der Waals surface area (Å²) in [5.74, 6) is -1.97. The van der Waals surface area contributed by atoms with Crippen LogP contribution in [0.2, 0.25) is 0 Å². The first-order valence-electron chi connectivity index (χ1n) is 5.05. The number of azo groups is 1. The van der Waals surface area contributed by atoms with Crippen LogP contribution in [0.4, 0.5) is 5.69 Å². The van der Waals surface area contributed by atoms with E-state index in [2.05, 4.69) is 10.2 Å². The van der Waals surface area contributed by atoms with Gasteiger partial charge in [-0.1, -0.05) is 6.92 Å². The Morgan fingerprint density at radius 3 is 2.11 bits per heavy atom. The van der Waals surface area contributed by atoms with Crippen molar-refractivity contribution in [3.05, 3.63) is 41.3 Å². The molecule has 0 radical (unpaired) electrons. The minimum Gasteiger partial charge on any atom is -0.874 e. The van der Waals surface area contributed by atoms with E-state index in [1.165, 1.54) is 38.1 Å². The topological polar surface area (TPSA) is 102 Å². The molecule has 0 saturated heterocycles. The van der Waals surface area contributed by atoms with E-state index in [1.807, 2.05) is 0 Å². The maximum absolute atomic E-state index is 11.1. The van der Waals surface area contributed by atoms with Gasteiger partial charge < -0.3 is 10.2 Å². The van der Waals surface area contributed by atoms with E-state index in [0.29, 0.717) is 5.69 Å². The zero-order valence-corrected chi connectivity index (χ0v) is 9.88. The molecule has 0 aliphatic rings. The fourth-order valence-corrected chi connectivity index (χ4v) is 1.17. The summed E-state index contributed by atoms with van der Waals surface area (Å²) in [6.07, 6.45) is 0. The molecule has 6 nitrogen and oxygen atoms in total. The van der Waals surface area contributed by atoms with Crippen molar-refractivity contribution in [2.24, 2.45) is 10.2 Å². The van der Waals surface area contributed by atoms with Gasteiger partial charge in [0.15, 0.2) is 5.78 Å². The number of carbonyl (C=O) groups is 2. The smallest absolute Gasteiger partial charge is 0.335 e. The average molecular weight is 247 g/mol. The molecule has 0 aliphatic carbocycles. The summed E-state index contributed by atoms with van der Waals surface area (Å²) in [6, 6.07) is 5.59. The Morgan fingerprint density at radius 2 is 1.72 bits per heavy atom. The molecule has 0 aliphatic heterocycles. The van der Waals surface area contributed by atoms with Crippen LogP contribution in [-0.4, -0.2) is 16.9 Å². The van der Waals surface area contributed by atoms with Crippen LogP contribution in [0, 0.1) is 0 Å². The standard InChI is InChI=1S/C12H12N2O4/c1-7(15)11(8(2)16)14-13-10-5-3-9(4-6-10)12(17)18/h3-6,15H,1-2H3,(H,17,18)/p-1/b11-7-,14-13?. The van der Waals surface area contributed by atoms with Crippen LogP contribution in [0.15, 0.2) is 46.0 Å². The van der Waals surface area contributed by atoms with Crippen LogP contribution in [0.5, 0.6) is 0 Å². The van der Waals surface area contributed by atoms with Crippen molar-refractivity contribution in [2.75, 3.05) is 0 Å². The SMILES string of the molecule is CC(=O)/C(N=Nc1ccc(C(=O)O)cc1)=C(\C)[O-]. The second kappa shape index (κ2) is 5.72. The second-order valence-corrected chi connectivity index (χ2v) is 3.51. The molecule has 0 fully saturated rings. The van der Waals surface area contributed by atoms with Crippen molar-refractivity contribution in [1.82, 2.24) is 0 Å². The highest BCUT2D eigenvalue weighted by atomic mass is 16.4. The molecule has 0 saturated carbocycles. The summed E-state index contributed by atoms with van der Waals surface area (Å²) >= 11 is 0. The lowest BCUT2D eigenvalue weighted by Crippen LogP contribution is -2.07. The third kappa shape index (κ3) is 3.51. The number of nitrogens with zero attached hydrogens (tertiary/aromatic N) is 2. The molecular weight excluding hydrogens is 236 g/mol. The molecule has 6 heteroatoms. The van der Waals surface area contributed by atoms with Gasteiger partial charge in [0.05, 0.1) is 11.3 Å². The predicted octanol–water partition coefficient (Wildman–Crippen LogP) is 1.65. The van der Waals surface area contributed by atoms with E-state index in [0.717, 1.165) is 0 Å². The molecule has 0 aromatic heterocycles. The van der Waals surface area contributed by atoms with Crippen LogP contribution in [0.25, 0.3) is 0 Å². The number of rotatable bonds is 4. The van der Waals surface area contributed by atoms with Gasteiger partial charge in [0.1, 0.15) is 5.70 Å². The number of aromatic carboxylic acids is 1. The molecule has 0 unspecified atom stereocenters. The average Bonchev–Trinajstić information content (AvgIpc) is 2.28. The quantitative estimate of drug-likeness (QED) is 0.496. The lowest BCUT2D eigenvalue weighted by Gasteiger charge is -2.06. The Labute approximate surface area is 103 Å². The highest BCUT2D eigenvalue weighted by molar-refractivity contribution is 5.93. The maximum atomic E-state index is 11.1. The van der Waals surface area contributed by atoms with E-state index in [-0.39, 0.29) is 11.3 Å². The van der Waals surface area contributed by atoms with Gasteiger partial charge in [-0.15, -0.1) is 10.9 Å². The Morgan fingerprint density at radius 1 is 1.17 bits per heavy atom. The number of carbonyl (C=O) groups excluding carboxylic acids is 1. The van der Waals surface area contributed by atoms with Crippen molar-refractivity contribution in [3.63, 3.8) is 0 Å². The molecule has 1 aromatic carbocycles. The van der Waals surface area contributed by atoms with Crippen molar-refractivity contribution >= 4 is 17.4 Å². The monoisotopic (exact) mass is 247 g/mol. The lowest BCUT2D eigenvalue weighted by molar-refractivity contribution is -0.303.